The molecule has 1 aliphatic rings. The summed E-state index contributed by atoms with van der Waals surface area (Å²) in [4.78, 5) is 13.0. The molecule has 138 valence electrons. The molecule has 1 amide bonds. The van der Waals surface area contributed by atoms with E-state index in [4.69, 9.17) is 9.47 Å². The van der Waals surface area contributed by atoms with Gasteiger partial charge >= 0.3 is 0 Å². The van der Waals surface area contributed by atoms with E-state index in [0.29, 0.717) is 6.42 Å². The molecule has 1 N–H and O–H groups in total. The number of amides is 1. The molecule has 3 rings (SSSR count). The minimum Gasteiger partial charge on any atom is -0.497 e. The highest BCUT2D eigenvalue weighted by Crippen LogP contribution is 2.41. The number of fused-ring (bicyclic) bond motifs is 1. The summed E-state index contributed by atoms with van der Waals surface area (Å²) in [6.45, 7) is 10.2. The average molecular weight is 353 g/mol. The Bertz CT molecular complexity index is 855. The van der Waals surface area contributed by atoms with E-state index < -0.39 is 0 Å². The van der Waals surface area contributed by atoms with Crippen LogP contribution in [0.4, 0.5) is 0 Å². The maximum Gasteiger partial charge on any atom is 0.252 e. The van der Waals surface area contributed by atoms with Crippen LogP contribution in [0, 0.1) is 20.8 Å². The first-order valence-corrected chi connectivity index (χ1v) is 8.96. The van der Waals surface area contributed by atoms with Crippen molar-refractivity contribution in [2.45, 2.75) is 52.7 Å². The molecule has 26 heavy (non-hydrogen) atoms. The lowest BCUT2D eigenvalue weighted by atomic mass is 9.89. The molecule has 0 aromatic heterocycles. The Labute approximate surface area is 155 Å². The molecule has 1 aliphatic heterocycles. The van der Waals surface area contributed by atoms with Crippen molar-refractivity contribution in [3.05, 3.63) is 58.1 Å². The van der Waals surface area contributed by atoms with Crippen molar-refractivity contribution in [1.82, 2.24) is 5.32 Å². The summed E-state index contributed by atoms with van der Waals surface area (Å²) in [5, 5.41) is 3.21. The van der Waals surface area contributed by atoms with Gasteiger partial charge in [-0.25, -0.2) is 0 Å². The quantitative estimate of drug-likeness (QED) is 0.873. The Morgan fingerprint density at radius 1 is 1.12 bits per heavy atom. The molecule has 2 aromatic rings. The fraction of sp³-hybridized carbons (Fsp3) is 0.409. The van der Waals surface area contributed by atoms with Crippen LogP contribution in [0.15, 0.2) is 30.3 Å². The van der Waals surface area contributed by atoms with Crippen molar-refractivity contribution >= 4 is 5.91 Å². The number of carbonyl (C=O) groups excluding carboxylic acids is 1. The van der Waals surface area contributed by atoms with Gasteiger partial charge in [0.1, 0.15) is 17.1 Å². The fourth-order valence-electron chi connectivity index (χ4n) is 3.53. The molecule has 0 spiro atoms. The molecule has 1 atom stereocenters. The molecule has 4 heteroatoms. The molecule has 0 aliphatic carbocycles. The monoisotopic (exact) mass is 353 g/mol. The zero-order chi connectivity index (χ0) is 19.1. The number of hydrogen-bond donors (Lipinski definition) is 1. The van der Waals surface area contributed by atoms with Gasteiger partial charge in [0.05, 0.1) is 13.2 Å². The van der Waals surface area contributed by atoms with E-state index in [0.717, 1.165) is 33.8 Å². The third-order valence-electron chi connectivity index (χ3n) is 5.07. The molecule has 0 radical (unpaired) electrons. The lowest BCUT2D eigenvalue weighted by Gasteiger charge is -2.38. The highest BCUT2D eigenvalue weighted by atomic mass is 16.5. The predicted octanol–water partition coefficient (Wildman–Crippen LogP) is 4.65. The Morgan fingerprint density at radius 3 is 2.50 bits per heavy atom. The first kappa shape index (κ1) is 18.3. The summed E-state index contributed by atoms with van der Waals surface area (Å²) < 4.78 is 11.4. The summed E-state index contributed by atoms with van der Waals surface area (Å²) >= 11 is 0. The van der Waals surface area contributed by atoms with Crippen LogP contribution in [-0.4, -0.2) is 18.6 Å². The summed E-state index contributed by atoms with van der Waals surface area (Å²) in [6, 6.07) is 9.70. The minimum atomic E-state index is -0.366. The van der Waals surface area contributed by atoms with E-state index in [1.54, 1.807) is 7.11 Å². The first-order valence-electron chi connectivity index (χ1n) is 8.96. The van der Waals surface area contributed by atoms with Gasteiger partial charge in [0.25, 0.3) is 5.91 Å². The summed E-state index contributed by atoms with van der Waals surface area (Å²) in [6.07, 6.45) is 0.710. The van der Waals surface area contributed by atoms with Crippen molar-refractivity contribution in [1.29, 1.82) is 0 Å². The second-order valence-corrected chi connectivity index (χ2v) is 7.75. The largest absolute Gasteiger partial charge is 0.497 e. The van der Waals surface area contributed by atoms with E-state index in [2.05, 4.69) is 18.3 Å². The van der Waals surface area contributed by atoms with Gasteiger partial charge in [-0.1, -0.05) is 6.07 Å². The summed E-state index contributed by atoms with van der Waals surface area (Å²) in [5.41, 5.74) is 4.66. The number of ether oxygens (including phenoxy) is 2. The van der Waals surface area contributed by atoms with Gasteiger partial charge in [-0.3, -0.25) is 4.79 Å². The normalized spacial score (nSPS) is 17.8. The second-order valence-electron chi connectivity index (χ2n) is 7.75. The smallest absolute Gasteiger partial charge is 0.252 e. The maximum absolute atomic E-state index is 13.0. The van der Waals surface area contributed by atoms with Gasteiger partial charge in [-0.05, 0) is 69.5 Å². The first-order chi connectivity index (χ1) is 12.2. The molecule has 2 aromatic carbocycles. The fourth-order valence-corrected chi connectivity index (χ4v) is 3.53. The molecule has 4 nitrogen and oxygen atoms in total. The molecular weight excluding hydrogens is 326 g/mol. The van der Waals surface area contributed by atoms with Gasteiger partial charge in [0.15, 0.2) is 0 Å². The molecule has 0 saturated carbocycles. The molecule has 0 bridgehead atoms. The van der Waals surface area contributed by atoms with E-state index in [9.17, 15) is 4.79 Å². The number of carbonyl (C=O) groups is 1. The SMILES string of the molecule is COc1ccc2c(c1)OC(C)(C)C[C@@H]2NC(=O)c1cc(C)c(C)cc1C. The molecule has 0 unspecified atom stereocenters. The van der Waals surface area contributed by atoms with Crippen molar-refractivity contribution in [3.8, 4) is 11.5 Å². The Kier molecular flexibility index (Phi) is 4.70. The summed E-state index contributed by atoms with van der Waals surface area (Å²) in [7, 11) is 1.64. The van der Waals surface area contributed by atoms with Crippen LogP contribution in [0.3, 0.4) is 0 Å². The number of benzene rings is 2. The van der Waals surface area contributed by atoms with Crippen LogP contribution < -0.4 is 14.8 Å². The van der Waals surface area contributed by atoms with Gasteiger partial charge in [-0.2, -0.15) is 0 Å². The highest BCUT2D eigenvalue weighted by molar-refractivity contribution is 5.96. The van der Waals surface area contributed by atoms with Crippen molar-refractivity contribution in [2.24, 2.45) is 0 Å². The van der Waals surface area contributed by atoms with Crippen molar-refractivity contribution < 1.29 is 14.3 Å². The number of methoxy groups -OCH3 is 1. The third kappa shape index (κ3) is 3.55. The van der Waals surface area contributed by atoms with Crippen molar-refractivity contribution in [3.63, 3.8) is 0 Å². The standard InChI is InChI=1S/C22H27NO3/c1-13-9-15(3)18(10-14(13)2)21(24)23-19-12-22(4,5)26-20-11-16(25-6)7-8-17(19)20/h7-11,19H,12H2,1-6H3,(H,23,24)/t19-/m0/s1. The molecule has 0 saturated heterocycles. The Hall–Kier alpha value is -2.49. The van der Waals surface area contributed by atoms with E-state index in [1.165, 1.54) is 5.56 Å². The van der Waals surface area contributed by atoms with Crippen molar-refractivity contribution in [2.75, 3.05) is 7.11 Å². The van der Waals surface area contributed by atoms with Crippen LogP contribution >= 0.6 is 0 Å². The second kappa shape index (κ2) is 6.67. The summed E-state index contributed by atoms with van der Waals surface area (Å²) in [5.74, 6) is 1.47. The maximum atomic E-state index is 13.0. The lowest BCUT2D eigenvalue weighted by molar-refractivity contribution is 0.0617. The number of nitrogens with one attached hydrogen (secondary N) is 1. The van der Waals surface area contributed by atoms with Gasteiger partial charge in [0.2, 0.25) is 0 Å². The van der Waals surface area contributed by atoms with Crippen LogP contribution in [0.1, 0.15) is 58.9 Å². The molecule has 0 fully saturated rings. The predicted molar refractivity (Wildman–Crippen MR) is 103 cm³/mol. The Balaban J connectivity index is 1.92. The third-order valence-corrected chi connectivity index (χ3v) is 5.07. The lowest BCUT2D eigenvalue weighted by Crippen LogP contribution is -2.41. The van der Waals surface area contributed by atoms with E-state index in [-0.39, 0.29) is 17.6 Å². The average Bonchev–Trinajstić information content (AvgIpc) is 2.56. The van der Waals surface area contributed by atoms with Gasteiger partial charge in [0, 0.05) is 23.6 Å². The zero-order valence-electron chi connectivity index (χ0n) is 16.4. The van der Waals surface area contributed by atoms with Crippen LogP contribution in [-0.2, 0) is 0 Å². The number of rotatable bonds is 3. The van der Waals surface area contributed by atoms with Gasteiger partial charge < -0.3 is 14.8 Å². The minimum absolute atomic E-state index is 0.0462. The number of aryl methyl sites for hydroxylation is 3. The molecule has 1 heterocycles. The van der Waals surface area contributed by atoms with Crippen LogP contribution in [0.5, 0.6) is 11.5 Å². The zero-order valence-corrected chi connectivity index (χ0v) is 16.4. The molecular formula is C22H27NO3. The number of hydrogen-bond acceptors (Lipinski definition) is 3. The topological polar surface area (TPSA) is 47.6 Å². The van der Waals surface area contributed by atoms with Crippen LogP contribution in [0.2, 0.25) is 0 Å². The highest BCUT2D eigenvalue weighted by Gasteiger charge is 2.35. The van der Waals surface area contributed by atoms with Gasteiger partial charge in [-0.15, -0.1) is 0 Å². The van der Waals surface area contributed by atoms with E-state index >= 15 is 0 Å². The van der Waals surface area contributed by atoms with E-state index in [1.807, 2.05) is 52.0 Å². The Morgan fingerprint density at radius 2 is 1.81 bits per heavy atom. The van der Waals surface area contributed by atoms with Crippen LogP contribution in [0.25, 0.3) is 0 Å².